The number of methoxy groups -OCH3 is 2. The molecule has 0 aliphatic carbocycles. The Labute approximate surface area is 140 Å². The lowest BCUT2D eigenvalue weighted by Crippen LogP contribution is -2.41. The van der Waals surface area contributed by atoms with E-state index in [1.54, 1.807) is 19.1 Å². The number of thioether (sulfide) groups is 1. The molecule has 1 atom stereocenters. The highest BCUT2D eigenvalue weighted by molar-refractivity contribution is 8.00. The fourth-order valence-corrected chi connectivity index (χ4v) is 3.61. The average molecular weight is 338 g/mol. The number of amides is 2. The van der Waals surface area contributed by atoms with Crippen LogP contribution in [0.3, 0.4) is 0 Å². The molecule has 126 valence electrons. The van der Waals surface area contributed by atoms with Crippen LogP contribution in [0.4, 0.5) is 0 Å². The highest BCUT2D eigenvalue weighted by Gasteiger charge is 2.34. The van der Waals surface area contributed by atoms with Gasteiger partial charge in [-0.1, -0.05) is 6.07 Å². The molecule has 1 N–H and O–H groups in total. The van der Waals surface area contributed by atoms with Gasteiger partial charge in [0.15, 0.2) is 11.5 Å². The van der Waals surface area contributed by atoms with Gasteiger partial charge in [-0.3, -0.25) is 9.59 Å². The largest absolute Gasteiger partial charge is 0.493 e. The Morgan fingerprint density at radius 1 is 1.35 bits per heavy atom. The second-order valence-electron chi connectivity index (χ2n) is 5.52. The van der Waals surface area contributed by atoms with Gasteiger partial charge in [0, 0.05) is 6.04 Å². The molecular formula is C16H22N2O4S. The van der Waals surface area contributed by atoms with E-state index < -0.39 is 0 Å². The van der Waals surface area contributed by atoms with Gasteiger partial charge in [0.05, 0.1) is 20.0 Å². The van der Waals surface area contributed by atoms with E-state index in [1.165, 1.54) is 11.8 Å². The Hall–Kier alpha value is -1.89. The topological polar surface area (TPSA) is 67.9 Å². The Morgan fingerprint density at radius 3 is 2.65 bits per heavy atom. The van der Waals surface area contributed by atoms with E-state index in [2.05, 4.69) is 5.32 Å². The van der Waals surface area contributed by atoms with Crippen LogP contribution in [0.2, 0.25) is 0 Å². The number of rotatable bonds is 6. The second kappa shape index (κ2) is 7.59. The Balaban J connectivity index is 2.20. The molecule has 2 amide bonds. The minimum atomic E-state index is -0.194. The van der Waals surface area contributed by atoms with Gasteiger partial charge in [-0.05, 0) is 31.5 Å². The third-order valence-corrected chi connectivity index (χ3v) is 4.68. The maximum Gasteiger partial charge on any atom is 0.239 e. The van der Waals surface area contributed by atoms with E-state index >= 15 is 0 Å². The number of hydrogen-bond acceptors (Lipinski definition) is 5. The molecule has 6 nitrogen and oxygen atoms in total. The lowest BCUT2D eigenvalue weighted by Gasteiger charge is -2.24. The molecule has 0 aromatic heterocycles. The van der Waals surface area contributed by atoms with Crippen molar-refractivity contribution >= 4 is 23.6 Å². The van der Waals surface area contributed by atoms with Gasteiger partial charge in [-0.2, -0.15) is 0 Å². The average Bonchev–Trinajstić information content (AvgIpc) is 2.86. The molecule has 0 bridgehead atoms. The van der Waals surface area contributed by atoms with Crippen molar-refractivity contribution in [1.29, 1.82) is 0 Å². The van der Waals surface area contributed by atoms with Gasteiger partial charge in [-0.15, -0.1) is 11.8 Å². The second-order valence-corrected chi connectivity index (χ2v) is 6.59. The summed E-state index contributed by atoms with van der Waals surface area (Å²) in [6.07, 6.45) is 0. The van der Waals surface area contributed by atoms with Crippen LogP contribution in [0, 0.1) is 0 Å². The van der Waals surface area contributed by atoms with Crippen molar-refractivity contribution in [2.45, 2.75) is 25.3 Å². The van der Waals surface area contributed by atoms with Crippen LogP contribution in [0.1, 0.15) is 24.8 Å². The third-order valence-electron chi connectivity index (χ3n) is 3.42. The molecule has 1 saturated heterocycles. The highest BCUT2D eigenvalue weighted by Crippen LogP contribution is 2.41. The minimum absolute atomic E-state index is 0.0336. The first-order chi connectivity index (χ1) is 11.0. The van der Waals surface area contributed by atoms with Crippen LogP contribution in [0.5, 0.6) is 11.5 Å². The first-order valence-electron chi connectivity index (χ1n) is 7.38. The monoisotopic (exact) mass is 338 g/mol. The third kappa shape index (κ3) is 4.10. The van der Waals surface area contributed by atoms with Gasteiger partial charge in [-0.25, -0.2) is 0 Å². The number of carbonyl (C=O) groups excluding carboxylic acids is 2. The fraction of sp³-hybridized carbons (Fsp3) is 0.500. The molecule has 23 heavy (non-hydrogen) atoms. The van der Waals surface area contributed by atoms with Gasteiger partial charge >= 0.3 is 0 Å². The van der Waals surface area contributed by atoms with Crippen molar-refractivity contribution in [2.75, 3.05) is 26.5 Å². The fourth-order valence-electron chi connectivity index (χ4n) is 2.43. The molecule has 1 fully saturated rings. The van der Waals surface area contributed by atoms with Crippen LogP contribution in [-0.2, 0) is 9.59 Å². The molecule has 1 aliphatic rings. The molecule has 7 heteroatoms. The van der Waals surface area contributed by atoms with Gasteiger partial charge in [0.25, 0.3) is 0 Å². The highest BCUT2D eigenvalue weighted by atomic mass is 32.2. The van der Waals surface area contributed by atoms with Gasteiger partial charge < -0.3 is 19.7 Å². The number of benzene rings is 1. The van der Waals surface area contributed by atoms with Crippen molar-refractivity contribution in [3.8, 4) is 11.5 Å². The number of hydrogen-bond donors (Lipinski definition) is 1. The molecule has 1 heterocycles. The zero-order valence-electron chi connectivity index (χ0n) is 13.8. The first-order valence-corrected chi connectivity index (χ1v) is 8.43. The minimum Gasteiger partial charge on any atom is -0.493 e. The van der Waals surface area contributed by atoms with E-state index in [0.29, 0.717) is 17.3 Å². The summed E-state index contributed by atoms with van der Waals surface area (Å²) in [5, 5.41) is 2.62. The van der Waals surface area contributed by atoms with Crippen LogP contribution in [0.25, 0.3) is 0 Å². The summed E-state index contributed by atoms with van der Waals surface area (Å²) in [6.45, 7) is 3.84. The van der Waals surface area contributed by atoms with Crippen LogP contribution >= 0.6 is 11.8 Å². The zero-order valence-corrected chi connectivity index (χ0v) is 14.6. The number of ether oxygens (including phenoxy) is 2. The summed E-state index contributed by atoms with van der Waals surface area (Å²) in [4.78, 5) is 25.7. The molecule has 0 saturated carbocycles. The van der Waals surface area contributed by atoms with E-state index in [4.69, 9.17) is 9.47 Å². The van der Waals surface area contributed by atoms with Crippen molar-refractivity contribution < 1.29 is 19.1 Å². The summed E-state index contributed by atoms with van der Waals surface area (Å²) in [7, 11) is 3.15. The van der Waals surface area contributed by atoms with E-state index in [0.717, 1.165) is 5.56 Å². The number of carbonyl (C=O) groups is 2. The van der Waals surface area contributed by atoms with Crippen molar-refractivity contribution in [3.63, 3.8) is 0 Å². The maximum atomic E-state index is 12.1. The Morgan fingerprint density at radius 2 is 2.04 bits per heavy atom. The van der Waals surface area contributed by atoms with Crippen molar-refractivity contribution in [2.24, 2.45) is 0 Å². The maximum absolute atomic E-state index is 12.1. The van der Waals surface area contributed by atoms with E-state index in [-0.39, 0.29) is 29.8 Å². The van der Waals surface area contributed by atoms with Crippen molar-refractivity contribution in [3.05, 3.63) is 23.8 Å². The SMILES string of the molecule is COc1ccc(C2SCC(=O)N2CC(=O)NC(C)C)cc1OC. The quantitative estimate of drug-likeness (QED) is 0.857. The number of nitrogens with zero attached hydrogens (tertiary/aromatic N) is 1. The van der Waals surface area contributed by atoms with Gasteiger partial charge in [0.2, 0.25) is 11.8 Å². The van der Waals surface area contributed by atoms with Crippen LogP contribution in [-0.4, -0.2) is 49.3 Å². The summed E-state index contributed by atoms with van der Waals surface area (Å²) < 4.78 is 10.5. The summed E-state index contributed by atoms with van der Waals surface area (Å²) in [6, 6.07) is 5.60. The standard InChI is InChI=1S/C16H22N2O4S/c1-10(2)17-14(19)8-18-15(20)9-23-16(18)11-5-6-12(21-3)13(7-11)22-4/h5-7,10,16H,8-9H2,1-4H3,(H,17,19). The lowest BCUT2D eigenvalue weighted by atomic mass is 10.1. The normalized spacial score (nSPS) is 17.5. The van der Waals surface area contributed by atoms with E-state index in [1.807, 2.05) is 32.0 Å². The molecular weight excluding hydrogens is 316 g/mol. The van der Waals surface area contributed by atoms with Crippen LogP contribution < -0.4 is 14.8 Å². The summed E-state index contributed by atoms with van der Waals surface area (Å²) in [5.41, 5.74) is 0.913. The van der Waals surface area contributed by atoms with Gasteiger partial charge in [0.1, 0.15) is 11.9 Å². The van der Waals surface area contributed by atoms with Crippen molar-refractivity contribution in [1.82, 2.24) is 10.2 Å². The molecule has 1 aromatic carbocycles. The molecule has 0 radical (unpaired) electrons. The summed E-state index contributed by atoms with van der Waals surface area (Å²) in [5.74, 6) is 1.43. The Kier molecular flexibility index (Phi) is 5.76. The summed E-state index contributed by atoms with van der Waals surface area (Å²) >= 11 is 1.51. The molecule has 1 aliphatic heterocycles. The molecule has 1 unspecified atom stereocenters. The zero-order chi connectivity index (χ0) is 17.0. The Bertz CT molecular complexity index is 591. The molecule has 2 rings (SSSR count). The lowest BCUT2D eigenvalue weighted by molar-refractivity contribution is -0.134. The smallest absolute Gasteiger partial charge is 0.239 e. The van der Waals surface area contributed by atoms with Crippen LogP contribution in [0.15, 0.2) is 18.2 Å². The molecule has 1 aromatic rings. The predicted octanol–water partition coefficient (Wildman–Crippen LogP) is 1.80. The first kappa shape index (κ1) is 17.5. The predicted molar refractivity (Wildman–Crippen MR) is 89.7 cm³/mol. The number of nitrogens with one attached hydrogen (secondary N) is 1. The van der Waals surface area contributed by atoms with E-state index in [9.17, 15) is 9.59 Å². The molecule has 0 spiro atoms.